The third-order valence-electron chi connectivity index (χ3n) is 2.88. The number of alkyl halides is 4. The van der Waals surface area contributed by atoms with Gasteiger partial charge in [-0.1, -0.05) is 22.0 Å². The zero-order valence-electron chi connectivity index (χ0n) is 11.5. The maximum atomic E-state index is 12.9. The molecule has 4 nitrogen and oxygen atoms in total. The molecule has 0 atom stereocenters. The lowest BCUT2D eigenvalue weighted by atomic mass is 10.0. The maximum Gasteiger partial charge on any atom is 0.416 e. The summed E-state index contributed by atoms with van der Waals surface area (Å²) in [6.07, 6.45) is -3.24. The van der Waals surface area contributed by atoms with Crippen LogP contribution in [0.1, 0.15) is 21.6 Å². The second-order valence-electron chi connectivity index (χ2n) is 4.48. The highest BCUT2D eigenvalue weighted by Crippen LogP contribution is 2.32. The normalized spacial score (nSPS) is 11.1. The Bertz CT molecular complexity index is 733. The molecular formula is C15H10BrF3N2O2. The van der Waals surface area contributed by atoms with Crippen molar-refractivity contribution in [3.8, 4) is 0 Å². The Morgan fingerprint density at radius 3 is 2.48 bits per heavy atom. The van der Waals surface area contributed by atoms with Crippen LogP contribution >= 0.6 is 15.9 Å². The molecule has 1 aromatic carbocycles. The fourth-order valence-electron chi connectivity index (χ4n) is 1.84. The summed E-state index contributed by atoms with van der Waals surface area (Å²) in [4.78, 5) is 27.7. The molecule has 0 spiro atoms. The summed E-state index contributed by atoms with van der Waals surface area (Å²) >= 11 is 2.94. The fraction of sp³-hybridized carbons (Fsp3) is 0.133. The van der Waals surface area contributed by atoms with E-state index in [0.29, 0.717) is 6.07 Å². The Kier molecular flexibility index (Phi) is 5.15. The number of pyridine rings is 1. The topological polar surface area (TPSA) is 59.1 Å². The van der Waals surface area contributed by atoms with Gasteiger partial charge < -0.3 is 5.32 Å². The van der Waals surface area contributed by atoms with E-state index in [1.165, 1.54) is 12.3 Å². The van der Waals surface area contributed by atoms with Crippen LogP contribution in [0.2, 0.25) is 0 Å². The van der Waals surface area contributed by atoms with Crippen LogP contribution in [-0.4, -0.2) is 22.0 Å². The lowest BCUT2D eigenvalue weighted by Crippen LogP contribution is -2.17. The van der Waals surface area contributed by atoms with Crippen LogP contribution in [0.5, 0.6) is 0 Å². The number of hydrogen-bond donors (Lipinski definition) is 1. The van der Waals surface area contributed by atoms with E-state index in [0.717, 1.165) is 12.1 Å². The van der Waals surface area contributed by atoms with Gasteiger partial charge in [-0.3, -0.25) is 14.6 Å². The molecule has 1 heterocycles. The van der Waals surface area contributed by atoms with Crippen LogP contribution in [0, 0.1) is 0 Å². The monoisotopic (exact) mass is 386 g/mol. The summed E-state index contributed by atoms with van der Waals surface area (Å²) in [6.45, 7) is 0. The first-order valence-electron chi connectivity index (χ1n) is 6.35. The minimum atomic E-state index is -4.60. The summed E-state index contributed by atoms with van der Waals surface area (Å²) < 4.78 is 38.6. The molecule has 0 bridgehead atoms. The summed E-state index contributed by atoms with van der Waals surface area (Å²) in [7, 11) is 0. The van der Waals surface area contributed by atoms with Gasteiger partial charge in [0.2, 0.25) is 11.7 Å². The number of benzene rings is 1. The number of carbonyl (C=O) groups is 2. The van der Waals surface area contributed by atoms with Crippen molar-refractivity contribution in [1.82, 2.24) is 4.98 Å². The predicted molar refractivity (Wildman–Crippen MR) is 81.5 cm³/mol. The molecule has 0 aliphatic rings. The molecule has 1 amide bonds. The standard InChI is InChI=1S/C15H10BrF3N2O2/c16-8-13(22)21-11-5-4-9(15(17,18)19)7-10(11)14(23)12-3-1-2-6-20-12/h1-7H,8H2,(H,21,22). The molecule has 1 N–H and O–H groups in total. The lowest BCUT2D eigenvalue weighted by molar-refractivity contribution is -0.137. The van der Waals surface area contributed by atoms with Crippen LogP contribution in [0.3, 0.4) is 0 Å². The van der Waals surface area contributed by atoms with Crippen LogP contribution < -0.4 is 5.32 Å². The maximum absolute atomic E-state index is 12.9. The minimum Gasteiger partial charge on any atom is -0.325 e. The quantitative estimate of drug-likeness (QED) is 0.644. The second kappa shape index (κ2) is 6.91. The molecule has 0 fully saturated rings. The minimum absolute atomic E-state index is 0.00176. The SMILES string of the molecule is O=C(CBr)Nc1ccc(C(F)(F)F)cc1C(=O)c1ccccn1. The van der Waals surface area contributed by atoms with Crippen molar-refractivity contribution in [1.29, 1.82) is 0 Å². The number of nitrogens with zero attached hydrogens (tertiary/aromatic N) is 1. The van der Waals surface area contributed by atoms with Crippen molar-refractivity contribution >= 4 is 33.3 Å². The van der Waals surface area contributed by atoms with Crippen LogP contribution in [0.25, 0.3) is 0 Å². The molecule has 0 saturated heterocycles. The summed E-state index contributed by atoms with van der Waals surface area (Å²) in [5.74, 6) is -1.19. The Labute approximate surface area is 137 Å². The first-order valence-corrected chi connectivity index (χ1v) is 7.48. The molecule has 0 aliphatic carbocycles. The van der Waals surface area contributed by atoms with Crippen molar-refractivity contribution in [2.45, 2.75) is 6.18 Å². The average molecular weight is 387 g/mol. The molecule has 2 aromatic rings. The van der Waals surface area contributed by atoms with Crippen LogP contribution in [0.15, 0.2) is 42.6 Å². The van der Waals surface area contributed by atoms with Crippen molar-refractivity contribution in [3.63, 3.8) is 0 Å². The Morgan fingerprint density at radius 2 is 1.91 bits per heavy atom. The van der Waals surface area contributed by atoms with E-state index in [-0.39, 0.29) is 22.3 Å². The van der Waals surface area contributed by atoms with Gasteiger partial charge in [-0.2, -0.15) is 13.2 Å². The largest absolute Gasteiger partial charge is 0.416 e. The molecule has 1 aromatic heterocycles. The van der Waals surface area contributed by atoms with Crippen molar-refractivity contribution in [2.24, 2.45) is 0 Å². The number of ketones is 1. The summed E-state index contributed by atoms with van der Waals surface area (Å²) in [6, 6.07) is 7.08. The lowest BCUT2D eigenvalue weighted by Gasteiger charge is -2.13. The zero-order valence-corrected chi connectivity index (χ0v) is 13.1. The third-order valence-corrected chi connectivity index (χ3v) is 3.39. The van der Waals surface area contributed by atoms with Gasteiger partial charge in [-0.25, -0.2) is 0 Å². The third kappa shape index (κ3) is 4.16. The molecule has 0 radical (unpaired) electrons. The molecule has 0 aliphatic heterocycles. The average Bonchev–Trinajstić information content (AvgIpc) is 2.54. The first kappa shape index (κ1) is 17.1. The van der Waals surface area contributed by atoms with E-state index in [2.05, 4.69) is 26.2 Å². The number of carbonyl (C=O) groups excluding carboxylic acids is 2. The molecule has 23 heavy (non-hydrogen) atoms. The van der Waals surface area contributed by atoms with Crippen molar-refractivity contribution in [2.75, 3.05) is 10.6 Å². The van der Waals surface area contributed by atoms with Gasteiger partial charge in [0, 0.05) is 11.8 Å². The van der Waals surface area contributed by atoms with Crippen LogP contribution in [-0.2, 0) is 11.0 Å². The van der Waals surface area contributed by atoms with E-state index >= 15 is 0 Å². The number of hydrogen-bond acceptors (Lipinski definition) is 3. The van der Waals surface area contributed by atoms with E-state index in [4.69, 9.17) is 0 Å². The number of halogens is 4. The van der Waals surface area contributed by atoms with E-state index in [1.807, 2.05) is 0 Å². The Balaban J connectivity index is 2.52. The van der Waals surface area contributed by atoms with Gasteiger partial charge in [-0.05, 0) is 30.3 Å². The van der Waals surface area contributed by atoms with Gasteiger partial charge in [-0.15, -0.1) is 0 Å². The van der Waals surface area contributed by atoms with E-state index in [9.17, 15) is 22.8 Å². The van der Waals surface area contributed by atoms with Crippen LogP contribution in [0.4, 0.5) is 18.9 Å². The smallest absolute Gasteiger partial charge is 0.325 e. The number of anilines is 1. The number of nitrogens with one attached hydrogen (secondary N) is 1. The zero-order chi connectivity index (χ0) is 17.0. The highest BCUT2D eigenvalue weighted by Gasteiger charge is 2.32. The summed E-state index contributed by atoms with van der Waals surface area (Å²) in [5, 5.41) is 2.34. The van der Waals surface area contributed by atoms with Crippen molar-refractivity contribution < 1.29 is 22.8 Å². The number of aromatic nitrogens is 1. The van der Waals surface area contributed by atoms with Gasteiger partial charge in [0.25, 0.3) is 0 Å². The van der Waals surface area contributed by atoms with Crippen molar-refractivity contribution in [3.05, 3.63) is 59.4 Å². The second-order valence-corrected chi connectivity index (χ2v) is 5.04. The predicted octanol–water partition coefficient (Wildman–Crippen LogP) is 3.66. The molecule has 2 rings (SSSR count). The summed E-state index contributed by atoms with van der Waals surface area (Å²) in [5.41, 5.74) is -1.26. The van der Waals surface area contributed by atoms with Gasteiger partial charge in [0.1, 0.15) is 5.69 Å². The highest BCUT2D eigenvalue weighted by atomic mass is 79.9. The highest BCUT2D eigenvalue weighted by molar-refractivity contribution is 9.09. The first-order chi connectivity index (χ1) is 10.8. The molecule has 8 heteroatoms. The van der Waals surface area contributed by atoms with Gasteiger partial charge in [0.15, 0.2) is 0 Å². The number of amides is 1. The Morgan fingerprint density at radius 1 is 1.17 bits per heavy atom. The molecular weight excluding hydrogens is 377 g/mol. The van der Waals surface area contributed by atoms with Gasteiger partial charge in [0.05, 0.1) is 16.6 Å². The molecule has 0 saturated carbocycles. The fourth-order valence-corrected chi connectivity index (χ4v) is 1.98. The molecule has 120 valence electrons. The van der Waals surface area contributed by atoms with Gasteiger partial charge >= 0.3 is 6.18 Å². The van der Waals surface area contributed by atoms with E-state index in [1.54, 1.807) is 12.1 Å². The Hall–Kier alpha value is -2.22. The number of rotatable bonds is 4. The molecule has 0 unspecified atom stereocenters. The van der Waals surface area contributed by atoms with E-state index < -0.39 is 23.4 Å².